The lowest BCUT2D eigenvalue weighted by atomic mass is 9.93. The van der Waals surface area contributed by atoms with Gasteiger partial charge in [0.05, 0.1) is 24.6 Å². The molecule has 2 aliphatic heterocycles. The van der Waals surface area contributed by atoms with Crippen LogP contribution in [0, 0.1) is 12.8 Å². The number of aromatic nitrogens is 4. The molecular formula is C18H22N6O2. The lowest BCUT2D eigenvalue weighted by Gasteiger charge is -2.37. The number of amides is 1. The molecule has 4 heterocycles. The number of hydrogen-bond acceptors (Lipinski definition) is 7. The van der Waals surface area contributed by atoms with Gasteiger partial charge in [0, 0.05) is 50.7 Å². The van der Waals surface area contributed by atoms with E-state index in [9.17, 15) is 4.79 Å². The zero-order valence-electron chi connectivity index (χ0n) is 14.8. The number of hydrogen-bond donors (Lipinski definition) is 0. The molecular weight excluding hydrogens is 332 g/mol. The maximum atomic E-state index is 12.7. The number of likely N-dealkylation sites (tertiary alicyclic amines) is 1. The van der Waals surface area contributed by atoms with Crippen molar-refractivity contribution in [2.75, 3.05) is 37.7 Å². The Balaban J connectivity index is 1.43. The van der Waals surface area contributed by atoms with Gasteiger partial charge in [-0.1, -0.05) is 0 Å². The van der Waals surface area contributed by atoms with Crippen LogP contribution in [0.1, 0.15) is 22.6 Å². The molecule has 2 aliphatic rings. The number of aryl methyl sites for hydroxylation is 1. The van der Waals surface area contributed by atoms with E-state index in [2.05, 4.69) is 24.8 Å². The number of piperidine rings is 1. The van der Waals surface area contributed by atoms with Crippen molar-refractivity contribution in [3.63, 3.8) is 0 Å². The molecule has 2 fully saturated rings. The molecule has 0 aliphatic carbocycles. The predicted octanol–water partition coefficient (Wildman–Crippen LogP) is 0.943. The van der Waals surface area contributed by atoms with Crippen molar-refractivity contribution in [3.8, 4) is 0 Å². The van der Waals surface area contributed by atoms with Crippen molar-refractivity contribution in [2.45, 2.75) is 19.4 Å². The fourth-order valence-electron chi connectivity index (χ4n) is 3.54. The Morgan fingerprint density at radius 1 is 1.12 bits per heavy atom. The van der Waals surface area contributed by atoms with Crippen LogP contribution < -0.4 is 4.90 Å². The van der Waals surface area contributed by atoms with Crippen LogP contribution in [0.2, 0.25) is 0 Å². The van der Waals surface area contributed by atoms with Gasteiger partial charge in [0.25, 0.3) is 5.91 Å². The molecule has 8 nitrogen and oxygen atoms in total. The van der Waals surface area contributed by atoms with Gasteiger partial charge in [-0.25, -0.2) is 15.0 Å². The summed E-state index contributed by atoms with van der Waals surface area (Å²) in [5, 5.41) is 0. The quantitative estimate of drug-likeness (QED) is 0.793. The van der Waals surface area contributed by atoms with Crippen LogP contribution in [0.4, 0.5) is 5.95 Å². The van der Waals surface area contributed by atoms with Crippen LogP contribution in [0.25, 0.3) is 0 Å². The number of rotatable bonds is 2. The van der Waals surface area contributed by atoms with Gasteiger partial charge < -0.3 is 14.5 Å². The maximum absolute atomic E-state index is 12.7. The summed E-state index contributed by atoms with van der Waals surface area (Å²) in [4.78, 5) is 33.8. The van der Waals surface area contributed by atoms with Crippen LogP contribution >= 0.6 is 0 Å². The van der Waals surface area contributed by atoms with Crippen molar-refractivity contribution in [2.24, 2.45) is 5.92 Å². The van der Waals surface area contributed by atoms with Crippen molar-refractivity contribution < 1.29 is 9.53 Å². The van der Waals surface area contributed by atoms with Crippen LogP contribution in [0.3, 0.4) is 0 Å². The number of fused-ring (bicyclic) bond motifs is 1. The average Bonchev–Trinajstić information content (AvgIpc) is 2.90. The number of ether oxygens (including phenoxy) is 1. The second kappa shape index (κ2) is 7.33. The van der Waals surface area contributed by atoms with Gasteiger partial charge in [0.2, 0.25) is 5.95 Å². The number of nitrogens with zero attached hydrogens (tertiary/aromatic N) is 6. The monoisotopic (exact) mass is 354 g/mol. The van der Waals surface area contributed by atoms with E-state index in [1.54, 1.807) is 24.8 Å². The highest BCUT2D eigenvalue weighted by Gasteiger charge is 2.36. The highest BCUT2D eigenvalue weighted by Crippen LogP contribution is 2.26. The van der Waals surface area contributed by atoms with E-state index in [-0.39, 0.29) is 12.0 Å². The molecule has 0 bridgehead atoms. The Kier molecular flexibility index (Phi) is 4.75. The van der Waals surface area contributed by atoms with Crippen molar-refractivity contribution >= 4 is 11.9 Å². The molecule has 0 spiro atoms. The van der Waals surface area contributed by atoms with E-state index >= 15 is 0 Å². The molecule has 136 valence electrons. The van der Waals surface area contributed by atoms with Gasteiger partial charge in [-0.05, 0) is 19.4 Å². The summed E-state index contributed by atoms with van der Waals surface area (Å²) in [6.07, 6.45) is 7.61. The second-order valence-electron chi connectivity index (χ2n) is 6.75. The van der Waals surface area contributed by atoms with Crippen molar-refractivity contribution in [3.05, 3.63) is 42.2 Å². The molecule has 0 saturated carbocycles. The number of carbonyl (C=O) groups is 1. The molecule has 2 aromatic heterocycles. The highest BCUT2D eigenvalue weighted by atomic mass is 16.5. The average molecular weight is 354 g/mol. The van der Waals surface area contributed by atoms with Gasteiger partial charge in [-0.3, -0.25) is 9.78 Å². The lowest BCUT2D eigenvalue weighted by molar-refractivity contribution is -0.0170. The third kappa shape index (κ3) is 3.50. The molecule has 2 aromatic rings. The van der Waals surface area contributed by atoms with E-state index in [0.717, 1.165) is 31.2 Å². The van der Waals surface area contributed by atoms with E-state index in [4.69, 9.17) is 4.74 Å². The Morgan fingerprint density at radius 2 is 1.96 bits per heavy atom. The molecule has 4 rings (SSSR count). The largest absolute Gasteiger partial charge is 0.374 e. The van der Waals surface area contributed by atoms with Crippen molar-refractivity contribution in [1.29, 1.82) is 0 Å². The van der Waals surface area contributed by atoms with Crippen molar-refractivity contribution in [1.82, 2.24) is 24.8 Å². The summed E-state index contributed by atoms with van der Waals surface area (Å²) in [6.45, 7) is 5.35. The molecule has 0 unspecified atom stereocenters. The minimum absolute atomic E-state index is 0.0276. The minimum atomic E-state index is -0.0768. The Labute approximate surface area is 152 Å². The maximum Gasteiger partial charge on any atom is 0.274 e. The fraction of sp³-hybridized carbons (Fsp3) is 0.500. The standard InChI is InChI=1S/C18H22N6O2/c1-13-9-22-15(10-21-13)17(25)23-6-3-14-11-24(7-8-26-16(14)12-23)18-19-4-2-5-20-18/h2,4-5,9-10,14,16H,3,6-8,11-12H2,1H3/t14-,16-/m0/s1. The van der Waals surface area contributed by atoms with Crippen LogP contribution in [-0.4, -0.2) is 69.6 Å². The summed E-state index contributed by atoms with van der Waals surface area (Å²) in [5.41, 5.74) is 1.19. The van der Waals surface area contributed by atoms with Crippen LogP contribution in [-0.2, 0) is 4.74 Å². The Bertz CT molecular complexity index is 754. The summed E-state index contributed by atoms with van der Waals surface area (Å²) in [6, 6.07) is 1.82. The summed E-state index contributed by atoms with van der Waals surface area (Å²) in [7, 11) is 0. The first-order valence-electron chi connectivity index (χ1n) is 8.92. The Hall–Kier alpha value is -2.61. The van der Waals surface area contributed by atoms with E-state index in [1.807, 2.05) is 17.9 Å². The number of carbonyl (C=O) groups excluding carboxylic acids is 1. The molecule has 2 atom stereocenters. The number of anilines is 1. The zero-order valence-corrected chi connectivity index (χ0v) is 14.8. The fourth-order valence-corrected chi connectivity index (χ4v) is 3.54. The topological polar surface area (TPSA) is 84.3 Å². The normalized spacial score (nSPS) is 23.3. The minimum Gasteiger partial charge on any atom is -0.374 e. The molecule has 0 N–H and O–H groups in total. The van der Waals surface area contributed by atoms with Gasteiger partial charge in [-0.15, -0.1) is 0 Å². The third-order valence-corrected chi connectivity index (χ3v) is 4.97. The molecule has 8 heteroatoms. The van der Waals surface area contributed by atoms with Gasteiger partial charge in [-0.2, -0.15) is 0 Å². The lowest BCUT2D eigenvalue weighted by Crippen LogP contribution is -2.49. The summed E-state index contributed by atoms with van der Waals surface area (Å²) >= 11 is 0. The van der Waals surface area contributed by atoms with E-state index in [1.165, 1.54) is 0 Å². The van der Waals surface area contributed by atoms with E-state index in [0.29, 0.717) is 31.3 Å². The molecule has 0 radical (unpaired) electrons. The van der Waals surface area contributed by atoms with Gasteiger partial charge >= 0.3 is 0 Å². The first kappa shape index (κ1) is 16.8. The molecule has 1 amide bonds. The molecule has 2 saturated heterocycles. The van der Waals surface area contributed by atoms with E-state index < -0.39 is 0 Å². The Morgan fingerprint density at radius 3 is 2.73 bits per heavy atom. The smallest absolute Gasteiger partial charge is 0.274 e. The van der Waals surface area contributed by atoms with Crippen LogP contribution in [0.15, 0.2) is 30.9 Å². The second-order valence-corrected chi connectivity index (χ2v) is 6.75. The SMILES string of the molecule is Cc1cnc(C(=O)N2CC[C@H]3CN(c4ncccn4)CCO[C@H]3C2)cn1. The zero-order chi connectivity index (χ0) is 17.9. The first-order valence-corrected chi connectivity index (χ1v) is 8.92. The summed E-state index contributed by atoms with van der Waals surface area (Å²) < 4.78 is 6.07. The molecule has 26 heavy (non-hydrogen) atoms. The first-order chi connectivity index (χ1) is 12.7. The highest BCUT2D eigenvalue weighted by molar-refractivity contribution is 5.92. The summed E-state index contributed by atoms with van der Waals surface area (Å²) in [5.74, 6) is 1.02. The van der Waals surface area contributed by atoms with Gasteiger partial charge in [0.15, 0.2) is 0 Å². The third-order valence-electron chi connectivity index (χ3n) is 4.97. The molecule has 0 aromatic carbocycles. The van der Waals surface area contributed by atoms with Crippen LogP contribution in [0.5, 0.6) is 0 Å². The predicted molar refractivity (Wildman–Crippen MR) is 94.8 cm³/mol. The van der Waals surface area contributed by atoms with Gasteiger partial charge in [0.1, 0.15) is 5.69 Å².